The minimum atomic E-state index is -0.708. The number of ether oxygens (including phenoxy) is 3. The van der Waals surface area contributed by atoms with Crippen LogP contribution in [0.5, 0.6) is 5.75 Å². The van der Waals surface area contributed by atoms with Crippen LogP contribution in [0.25, 0.3) is 0 Å². The van der Waals surface area contributed by atoms with Crippen molar-refractivity contribution in [1.82, 2.24) is 5.32 Å². The lowest BCUT2D eigenvalue weighted by atomic mass is 10.1. The number of aryl methyl sites for hydroxylation is 1. The predicted molar refractivity (Wildman–Crippen MR) is 106 cm³/mol. The highest BCUT2D eigenvalue weighted by atomic mass is 16.6. The van der Waals surface area contributed by atoms with Crippen molar-refractivity contribution in [3.05, 3.63) is 77.5 Å². The molecule has 0 bridgehead atoms. The molecule has 1 amide bonds. The van der Waals surface area contributed by atoms with Gasteiger partial charge in [-0.15, -0.1) is 0 Å². The fourth-order valence-corrected chi connectivity index (χ4v) is 2.54. The summed E-state index contributed by atoms with van der Waals surface area (Å²) in [6.07, 6.45) is 2.09. The molecule has 0 atom stereocenters. The Morgan fingerprint density at radius 2 is 1.71 bits per heavy atom. The van der Waals surface area contributed by atoms with E-state index in [9.17, 15) is 9.59 Å². The van der Waals surface area contributed by atoms with Gasteiger partial charge in [-0.05, 0) is 37.0 Å². The maximum atomic E-state index is 12.1. The van der Waals surface area contributed by atoms with Crippen molar-refractivity contribution in [3.8, 4) is 5.75 Å². The summed E-state index contributed by atoms with van der Waals surface area (Å²) in [5.74, 6) is 0.183. The van der Waals surface area contributed by atoms with Gasteiger partial charge in [0.05, 0.1) is 13.7 Å². The molecular formula is C22H25NO5. The number of hydrogen-bond donors (Lipinski definition) is 1. The van der Waals surface area contributed by atoms with Crippen molar-refractivity contribution < 1.29 is 23.8 Å². The van der Waals surface area contributed by atoms with Gasteiger partial charge in [-0.1, -0.05) is 54.6 Å². The molecule has 0 fully saturated rings. The second kappa shape index (κ2) is 11.4. The predicted octanol–water partition coefficient (Wildman–Crippen LogP) is 4.00. The van der Waals surface area contributed by atoms with E-state index in [0.29, 0.717) is 12.8 Å². The van der Waals surface area contributed by atoms with Crippen molar-refractivity contribution in [3.63, 3.8) is 0 Å². The Balaban J connectivity index is 1.97. The van der Waals surface area contributed by atoms with E-state index in [4.69, 9.17) is 14.2 Å². The zero-order valence-electron chi connectivity index (χ0n) is 16.1. The highest BCUT2D eigenvalue weighted by molar-refractivity contribution is 5.92. The second-order valence-corrected chi connectivity index (χ2v) is 5.88. The number of carbonyl (C=O) groups is 2. The summed E-state index contributed by atoms with van der Waals surface area (Å²) in [6, 6.07) is 17.0. The third-order valence-corrected chi connectivity index (χ3v) is 3.90. The molecule has 0 heterocycles. The summed E-state index contributed by atoms with van der Waals surface area (Å²) in [4.78, 5) is 24.2. The van der Waals surface area contributed by atoms with Gasteiger partial charge in [0, 0.05) is 0 Å². The van der Waals surface area contributed by atoms with E-state index in [1.54, 1.807) is 20.1 Å². The molecule has 2 rings (SSSR count). The standard InChI is InChI=1S/C22H25NO5/c1-3-27-21(24)19(14-9-13-18-12-7-8-15-20(18)26-2)23-22(25)28-16-17-10-5-4-6-11-17/h4-8,10-12,14-15H,3,9,13,16H2,1-2H3,(H,23,25)/b19-14-. The molecule has 0 saturated heterocycles. The van der Waals surface area contributed by atoms with E-state index in [0.717, 1.165) is 16.9 Å². The summed E-state index contributed by atoms with van der Waals surface area (Å²) in [7, 11) is 1.61. The Hall–Kier alpha value is -3.28. The maximum absolute atomic E-state index is 12.1. The molecular weight excluding hydrogens is 358 g/mol. The number of hydrogen-bond acceptors (Lipinski definition) is 5. The number of nitrogens with one attached hydrogen (secondary N) is 1. The van der Waals surface area contributed by atoms with E-state index >= 15 is 0 Å². The van der Waals surface area contributed by atoms with Crippen molar-refractivity contribution in [1.29, 1.82) is 0 Å². The Labute approximate surface area is 165 Å². The molecule has 2 aromatic carbocycles. The molecule has 0 saturated carbocycles. The number of methoxy groups -OCH3 is 1. The van der Waals surface area contributed by atoms with Gasteiger partial charge in [0.1, 0.15) is 18.1 Å². The van der Waals surface area contributed by atoms with Crippen LogP contribution in [0.4, 0.5) is 4.79 Å². The lowest BCUT2D eigenvalue weighted by Crippen LogP contribution is -2.29. The fourth-order valence-electron chi connectivity index (χ4n) is 2.54. The van der Waals surface area contributed by atoms with E-state index in [1.165, 1.54) is 0 Å². The number of alkyl carbamates (subject to hydrolysis) is 1. The van der Waals surface area contributed by atoms with Gasteiger partial charge in [-0.3, -0.25) is 5.32 Å². The highest BCUT2D eigenvalue weighted by Gasteiger charge is 2.15. The van der Waals surface area contributed by atoms with Crippen LogP contribution in [0.2, 0.25) is 0 Å². The normalized spacial score (nSPS) is 10.9. The molecule has 0 aliphatic rings. The molecule has 0 spiro atoms. The Kier molecular flexibility index (Phi) is 8.59. The number of rotatable bonds is 9. The number of allylic oxidation sites excluding steroid dienone is 1. The smallest absolute Gasteiger partial charge is 0.412 e. The van der Waals surface area contributed by atoms with Crippen LogP contribution in [-0.2, 0) is 27.3 Å². The molecule has 0 aromatic heterocycles. The summed E-state index contributed by atoms with van der Waals surface area (Å²) in [5.41, 5.74) is 1.93. The van der Waals surface area contributed by atoms with Crippen LogP contribution >= 0.6 is 0 Å². The van der Waals surface area contributed by atoms with E-state index in [-0.39, 0.29) is 18.9 Å². The molecule has 1 N–H and O–H groups in total. The first-order valence-corrected chi connectivity index (χ1v) is 9.11. The van der Waals surface area contributed by atoms with Gasteiger partial charge in [0.15, 0.2) is 0 Å². The molecule has 148 valence electrons. The molecule has 2 aromatic rings. The monoisotopic (exact) mass is 383 g/mol. The second-order valence-electron chi connectivity index (χ2n) is 5.88. The summed E-state index contributed by atoms with van der Waals surface area (Å²) in [6.45, 7) is 2.03. The molecule has 6 heteroatoms. The van der Waals surface area contributed by atoms with Crippen LogP contribution in [0.1, 0.15) is 24.5 Å². The fraction of sp³-hybridized carbons (Fsp3) is 0.273. The summed E-state index contributed by atoms with van der Waals surface area (Å²) in [5, 5.41) is 2.48. The average Bonchev–Trinajstić information content (AvgIpc) is 2.72. The van der Waals surface area contributed by atoms with Crippen LogP contribution in [0.3, 0.4) is 0 Å². The molecule has 6 nitrogen and oxygen atoms in total. The number of benzene rings is 2. The Morgan fingerprint density at radius 3 is 2.43 bits per heavy atom. The van der Waals surface area contributed by atoms with Gasteiger partial charge in [-0.2, -0.15) is 0 Å². The zero-order valence-corrected chi connectivity index (χ0v) is 16.1. The number of para-hydroxylation sites is 1. The molecule has 0 unspecified atom stereocenters. The van der Waals surface area contributed by atoms with Crippen LogP contribution in [0.15, 0.2) is 66.4 Å². The van der Waals surface area contributed by atoms with Crippen LogP contribution in [0, 0.1) is 0 Å². The van der Waals surface area contributed by atoms with Gasteiger partial charge in [-0.25, -0.2) is 9.59 Å². The molecule has 0 radical (unpaired) electrons. The van der Waals surface area contributed by atoms with E-state index in [1.807, 2.05) is 54.6 Å². The first-order chi connectivity index (χ1) is 13.6. The van der Waals surface area contributed by atoms with Crippen molar-refractivity contribution >= 4 is 12.1 Å². The topological polar surface area (TPSA) is 73.9 Å². The molecule has 28 heavy (non-hydrogen) atoms. The molecule has 0 aliphatic carbocycles. The third kappa shape index (κ3) is 6.79. The van der Waals surface area contributed by atoms with Gasteiger partial charge >= 0.3 is 12.1 Å². The quantitative estimate of drug-likeness (QED) is 0.523. The van der Waals surface area contributed by atoms with Crippen molar-refractivity contribution in [2.75, 3.05) is 13.7 Å². The number of amides is 1. The third-order valence-electron chi connectivity index (χ3n) is 3.90. The minimum Gasteiger partial charge on any atom is -0.496 e. The van der Waals surface area contributed by atoms with Gasteiger partial charge in [0.2, 0.25) is 0 Å². The van der Waals surface area contributed by atoms with Crippen LogP contribution < -0.4 is 10.1 Å². The first kappa shape index (κ1) is 21.0. The lowest BCUT2D eigenvalue weighted by molar-refractivity contribution is -0.138. The number of carbonyl (C=O) groups excluding carboxylic acids is 2. The largest absolute Gasteiger partial charge is 0.496 e. The molecule has 0 aliphatic heterocycles. The Morgan fingerprint density at radius 1 is 1.00 bits per heavy atom. The van der Waals surface area contributed by atoms with Gasteiger partial charge in [0.25, 0.3) is 0 Å². The minimum absolute atomic E-state index is 0.0646. The van der Waals surface area contributed by atoms with Crippen molar-refractivity contribution in [2.45, 2.75) is 26.4 Å². The summed E-state index contributed by atoms with van der Waals surface area (Å²) >= 11 is 0. The van der Waals surface area contributed by atoms with E-state index in [2.05, 4.69) is 5.32 Å². The lowest BCUT2D eigenvalue weighted by Gasteiger charge is -2.11. The summed E-state index contributed by atoms with van der Waals surface area (Å²) < 4.78 is 15.5. The van der Waals surface area contributed by atoms with Crippen LogP contribution in [-0.4, -0.2) is 25.8 Å². The van der Waals surface area contributed by atoms with E-state index < -0.39 is 12.1 Å². The zero-order chi connectivity index (χ0) is 20.2. The van der Waals surface area contributed by atoms with Crippen molar-refractivity contribution in [2.24, 2.45) is 0 Å². The van der Waals surface area contributed by atoms with Gasteiger partial charge < -0.3 is 14.2 Å². The average molecular weight is 383 g/mol. The SMILES string of the molecule is CCOC(=O)/C(=C/CCc1ccccc1OC)NC(=O)OCc1ccccc1. The Bertz CT molecular complexity index is 802. The highest BCUT2D eigenvalue weighted by Crippen LogP contribution is 2.19. The maximum Gasteiger partial charge on any atom is 0.412 e. The first-order valence-electron chi connectivity index (χ1n) is 9.11. The number of esters is 1.